The van der Waals surface area contributed by atoms with Crippen molar-refractivity contribution in [2.75, 3.05) is 0 Å². The molecule has 1 aliphatic carbocycles. The van der Waals surface area contributed by atoms with Gasteiger partial charge in [-0.2, -0.15) is 5.10 Å². The van der Waals surface area contributed by atoms with Crippen LogP contribution in [0.3, 0.4) is 0 Å². The summed E-state index contributed by atoms with van der Waals surface area (Å²) in [5.74, 6) is 0.811. The Morgan fingerprint density at radius 2 is 2.50 bits per heavy atom. The molecule has 1 aromatic heterocycles. The van der Waals surface area contributed by atoms with Crippen molar-refractivity contribution in [2.24, 2.45) is 7.05 Å². The highest BCUT2D eigenvalue weighted by atomic mass is 16.1. The lowest BCUT2D eigenvalue weighted by Gasteiger charge is -2.07. The Kier molecular flexibility index (Phi) is 1.71. The first kappa shape index (κ1) is 7.53. The Morgan fingerprint density at radius 3 is 3.00 bits per heavy atom. The third-order valence-electron chi connectivity index (χ3n) is 2.52. The summed E-state index contributed by atoms with van der Waals surface area (Å²) in [6, 6.07) is 2.00. The maximum Gasteiger partial charge on any atom is 0.133 e. The van der Waals surface area contributed by atoms with Gasteiger partial charge in [0.05, 0.1) is 0 Å². The van der Waals surface area contributed by atoms with E-state index in [1.807, 2.05) is 17.8 Å². The largest absolute Gasteiger partial charge is 0.300 e. The molecule has 3 heteroatoms. The molecule has 1 aromatic rings. The standard InChI is InChI=1S/C9H12N2O/c1-11-9(4-5-10-11)7-2-3-8(12)6-7/h4-5,7H,2-3,6H2,1H3/t7-/m0/s1. The number of aromatic nitrogens is 2. The van der Waals surface area contributed by atoms with Crippen molar-refractivity contribution < 1.29 is 4.79 Å². The Labute approximate surface area is 71.4 Å². The van der Waals surface area contributed by atoms with Gasteiger partial charge in [0.2, 0.25) is 0 Å². The fourth-order valence-electron chi connectivity index (χ4n) is 1.85. The number of Topliss-reactive ketones (excluding diaryl/α,β-unsaturated/α-hetero) is 1. The van der Waals surface area contributed by atoms with Crippen molar-refractivity contribution in [1.82, 2.24) is 9.78 Å². The van der Waals surface area contributed by atoms with Crippen molar-refractivity contribution in [1.29, 1.82) is 0 Å². The van der Waals surface area contributed by atoms with Crippen molar-refractivity contribution in [2.45, 2.75) is 25.2 Å². The minimum atomic E-state index is 0.390. The van der Waals surface area contributed by atoms with Gasteiger partial charge in [-0.15, -0.1) is 0 Å². The van der Waals surface area contributed by atoms with Gasteiger partial charge in [-0.3, -0.25) is 9.48 Å². The molecule has 0 radical (unpaired) electrons. The van der Waals surface area contributed by atoms with Crippen LogP contribution in [0.2, 0.25) is 0 Å². The zero-order chi connectivity index (χ0) is 8.55. The van der Waals surface area contributed by atoms with Crippen LogP contribution in [0.15, 0.2) is 12.3 Å². The lowest BCUT2D eigenvalue weighted by Crippen LogP contribution is -2.02. The van der Waals surface area contributed by atoms with Gasteiger partial charge in [-0.25, -0.2) is 0 Å². The van der Waals surface area contributed by atoms with Gasteiger partial charge >= 0.3 is 0 Å². The Bertz CT molecular complexity index is 303. The average molecular weight is 164 g/mol. The molecular weight excluding hydrogens is 152 g/mol. The summed E-state index contributed by atoms with van der Waals surface area (Å²) in [5, 5.41) is 4.09. The second-order valence-electron chi connectivity index (χ2n) is 3.36. The van der Waals surface area contributed by atoms with Crippen LogP contribution in [0, 0.1) is 0 Å². The fraction of sp³-hybridized carbons (Fsp3) is 0.556. The first-order chi connectivity index (χ1) is 5.77. The lowest BCUT2D eigenvalue weighted by molar-refractivity contribution is -0.117. The van der Waals surface area contributed by atoms with E-state index in [0.717, 1.165) is 12.8 Å². The summed E-state index contributed by atoms with van der Waals surface area (Å²) in [4.78, 5) is 11.0. The number of rotatable bonds is 1. The Morgan fingerprint density at radius 1 is 1.67 bits per heavy atom. The van der Waals surface area contributed by atoms with Crippen LogP contribution < -0.4 is 0 Å². The van der Waals surface area contributed by atoms with Crippen LogP contribution >= 0.6 is 0 Å². The quantitative estimate of drug-likeness (QED) is 0.626. The lowest BCUT2D eigenvalue weighted by atomic mass is 10.0. The average Bonchev–Trinajstić information content (AvgIpc) is 2.58. The van der Waals surface area contributed by atoms with Crippen LogP contribution in [0.4, 0.5) is 0 Å². The van der Waals surface area contributed by atoms with Crippen LogP contribution in [-0.4, -0.2) is 15.6 Å². The maximum atomic E-state index is 11.0. The van der Waals surface area contributed by atoms with Gasteiger partial charge in [0.1, 0.15) is 5.78 Å². The van der Waals surface area contributed by atoms with Crippen LogP contribution in [-0.2, 0) is 11.8 Å². The predicted molar refractivity (Wildman–Crippen MR) is 44.8 cm³/mol. The minimum absolute atomic E-state index is 0.390. The van der Waals surface area contributed by atoms with E-state index in [-0.39, 0.29) is 0 Å². The molecule has 1 heterocycles. The first-order valence-corrected chi connectivity index (χ1v) is 4.27. The molecule has 2 rings (SSSR count). The smallest absolute Gasteiger partial charge is 0.133 e. The molecule has 0 aromatic carbocycles. The molecular formula is C9H12N2O. The molecule has 0 aliphatic heterocycles. The Hall–Kier alpha value is -1.12. The number of carbonyl (C=O) groups excluding carboxylic acids is 1. The Balaban J connectivity index is 2.21. The van der Waals surface area contributed by atoms with E-state index < -0.39 is 0 Å². The molecule has 1 atom stereocenters. The number of hydrogen-bond donors (Lipinski definition) is 0. The van der Waals surface area contributed by atoms with Crippen molar-refractivity contribution in [3.8, 4) is 0 Å². The second-order valence-corrected chi connectivity index (χ2v) is 3.36. The van der Waals surface area contributed by atoms with Gasteiger partial charge in [0.25, 0.3) is 0 Å². The topological polar surface area (TPSA) is 34.9 Å². The van der Waals surface area contributed by atoms with Crippen LogP contribution in [0.25, 0.3) is 0 Å². The molecule has 64 valence electrons. The number of nitrogens with zero attached hydrogens (tertiary/aromatic N) is 2. The predicted octanol–water partition coefficient (Wildman–Crippen LogP) is 1.26. The molecule has 1 aliphatic rings. The molecule has 0 amide bonds. The zero-order valence-corrected chi connectivity index (χ0v) is 7.16. The van der Waals surface area contributed by atoms with Crippen molar-refractivity contribution in [3.63, 3.8) is 0 Å². The highest BCUT2D eigenvalue weighted by molar-refractivity contribution is 5.81. The first-order valence-electron chi connectivity index (χ1n) is 4.27. The zero-order valence-electron chi connectivity index (χ0n) is 7.16. The molecule has 1 fully saturated rings. The van der Waals surface area contributed by atoms with E-state index >= 15 is 0 Å². The van der Waals surface area contributed by atoms with Gasteiger partial charge in [0.15, 0.2) is 0 Å². The van der Waals surface area contributed by atoms with E-state index in [9.17, 15) is 4.79 Å². The van der Waals surface area contributed by atoms with E-state index in [4.69, 9.17) is 0 Å². The summed E-state index contributed by atoms with van der Waals surface area (Å²) < 4.78 is 1.86. The SMILES string of the molecule is Cn1nccc1[C@H]1CCC(=O)C1. The fourth-order valence-corrected chi connectivity index (χ4v) is 1.85. The molecule has 0 bridgehead atoms. The van der Waals surface area contributed by atoms with Crippen LogP contribution in [0.5, 0.6) is 0 Å². The molecule has 12 heavy (non-hydrogen) atoms. The summed E-state index contributed by atoms with van der Waals surface area (Å²) in [5.41, 5.74) is 1.20. The summed E-state index contributed by atoms with van der Waals surface area (Å²) >= 11 is 0. The number of hydrogen-bond acceptors (Lipinski definition) is 2. The molecule has 1 saturated carbocycles. The molecule has 0 saturated heterocycles. The van der Waals surface area contributed by atoms with Crippen molar-refractivity contribution in [3.05, 3.63) is 18.0 Å². The number of ketones is 1. The minimum Gasteiger partial charge on any atom is -0.300 e. The van der Waals surface area contributed by atoms with E-state index in [2.05, 4.69) is 5.10 Å². The van der Waals surface area contributed by atoms with Gasteiger partial charge in [-0.05, 0) is 12.5 Å². The molecule has 3 nitrogen and oxygen atoms in total. The molecule has 0 N–H and O–H groups in total. The van der Waals surface area contributed by atoms with Gasteiger partial charge in [-0.1, -0.05) is 0 Å². The summed E-state index contributed by atoms with van der Waals surface area (Å²) in [7, 11) is 1.93. The van der Waals surface area contributed by atoms with E-state index in [1.54, 1.807) is 6.20 Å². The highest BCUT2D eigenvalue weighted by Gasteiger charge is 2.25. The van der Waals surface area contributed by atoms with Crippen molar-refractivity contribution >= 4 is 5.78 Å². The van der Waals surface area contributed by atoms with E-state index in [1.165, 1.54) is 5.69 Å². The normalized spacial score (nSPS) is 23.4. The molecule has 0 spiro atoms. The molecule has 0 unspecified atom stereocenters. The third kappa shape index (κ3) is 1.15. The number of carbonyl (C=O) groups is 1. The van der Waals surface area contributed by atoms with Crippen LogP contribution in [0.1, 0.15) is 30.9 Å². The highest BCUT2D eigenvalue weighted by Crippen LogP contribution is 2.31. The van der Waals surface area contributed by atoms with Gasteiger partial charge in [0, 0.05) is 37.7 Å². The summed E-state index contributed by atoms with van der Waals surface area (Å²) in [6.45, 7) is 0. The second kappa shape index (κ2) is 2.73. The van der Waals surface area contributed by atoms with E-state index in [0.29, 0.717) is 18.1 Å². The van der Waals surface area contributed by atoms with Gasteiger partial charge < -0.3 is 0 Å². The third-order valence-corrected chi connectivity index (χ3v) is 2.52. The number of aryl methyl sites for hydroxylation is 1. The monoisotopic (exact) mass is 164 g/mol. The summed E-state index contributed by atoms with van der Waals surface area (Å²) in [6.07, 6.45) is 4.24. The maximum absolute atomic E-state index is 11.0.